The molecule has 3 aliphatic rings. The quantitative estimate of drug-likeness (QED) is 0.706. The second-order valence-corrected chi connectivity index (χ2v) is 6.78. The van der Waals surface area contributed by atoms with Crippen LogP contribution in [0.15, 0.2) is 30.5 Å². The van der Waals surface area contributed by atoms with E-state index in [1.54, 1.807) is 12.1 Å². The SMILES string of the molecule is O=C1CCC(N2C(=O)c3ccc(CNC(=O)C4CC=CO4)cc3C2=O)C(=O)N1. The molecule has 28 heavy (non-hydrogen) atoms. The van der Waals surface area contributed by atoms with Gasteiger partial charge in [-0.2, -0.15) is 0 Å². The molecule has 1 aromatic carbocycles. The van der Waals surface area contributed by atoms with E-state index in [1.165, 1.54) is 18.4 Å². The van der Waals surface area contributed by atoms with Gasteiger partial charge < -0.3 is 10.1 Å². The number of piperidine rings is 1. The van der Waals surface area contributed by atoms with E-state index in [0.717, 1.165) is 4.90 Å². The molecule has 9 nitrogen and oxygen atoms in total. The Hall–Kier alpha value is -3.49. The number of fused-ring (bicyclic) bond motifs is 1. The third-order valence-corrected chi connectivity index (χ3v) is 4.95. The molecule has 4 rings (SSSR count). The molecule has 2 atom stereocenters. The Bertz CT molecular complexity index is 930. The van der Waals surface area contributed by atoms with Crippen LogP contribution in [-0.4, -0.2) is 46.6 Å². The normalized spacial score (nSPS) is 23.5. The van der Waals surface area contributed by atoms with Gasteiger partial charge >= 0.3 is 0 Å². The van der Waals surface area contributed by atoms with Crippen molar-refractivity contribution in [2.45, 2.75) is 38.0 Å². The Morgan fingerprint density at radius 3 is 2.68 bits per heavy atom. The van der Waals surface area contributed by atoms with Crippen molar-refractivity contribution in [1.82, 2.24) is 15.5 Å². The number of nitrogens with one attached hydrogen (secondary N) is 2. The molecule has 5 amide bonds. The number of nitrogens with zero attached hydrogens (tertiary/aromatic N) is 1. The lowest BCUT2D eigenvalue weighted by Crippen LogP contribution is -2.54. The van der Waals surface area contributed by atoms with E-state index in [9.17, 15) is 24.0 Å². The molecule has 1 aromatic rings. The summed E-state index contributed by atoms with van der Waals surface area (Å²) in [4.78, 5) is 61.7. The van der Waals surface area contributed by atoms with Crippen molar-refractivity contribution in [2.24, 2.45) is 0 Å². The number of imide groups is 2. The minimum absolute atomic E-state index is 0.0686. The van der Waals surface area contributed by atoms with Crippen LogP contribution >= 0.6 is 0 Å². The number of hydrogen-bond donors (Lipinski definition) is 2. The van der Waals surface area contributed by atoms with Gasteiger partial charge in [-0.15, -0.1) is 0 Å². The molecular weight excluding hydrogens is 366 g/mol. The Kier molecular flexibility index (Phi) is 4.42. The van der Waals surface area contributed by atoms with Crippen molar-refractivity contribution in [3.63, 3.8) is 0 Å². The van der Waals surface area contributed by atoms with E-state index in [-0.39, 0.29) is 36.4 Å². The number of ether oxygens (including phenoxy) is 1. The van der Waals surface area contributed by atoms with Gasteiger partial charge in [-0.25, -0.2) is 0 Å². The predicted octanol–water partition coefficient (Wildman–Crippen LogP) is 0.00660. The molecule has 2 unspecified atom stereocenters. The van der Waals surface area contributed by atoms with Gasteiger partial charge in [-0.1, -0.05) is 6.07 Å². The Morgan fingerprint density at radius 1 is 1.18 bits per heavy atom. The summed E-state index contributed by atoms with van der Waals surface area (Å²) in [5, 5.41) is 4.89. The van der Waals surface area contributed by atoms with Gasteiger partial charge in [-0.3, -0.25) is 34.2 Å². The third-order valence-electron chi connectivity index (χ3n) is 4.95. The average Bonchev–Trinajstić information content (AvgIpc) is 3.29. The van der Waals surface area contributed by atoms with Crippen LogP contribution in [0, 0.1) is 0 Å². The van der Waals surface area contributed by atoms with Crippen molar-refractivity contribution < 1.29 is 28.7 Å². The summed E-state index contributed by atoms with van der Waals surface area (Å²) in [7, 11) is 0. The lowest BCUT2D eigenvalue weighted by atomic mass is 10.0. The maximum atomic E-state index is 12.8. The summed E-state index contributed by atoms with van der Waals surface area (Å²) >= 11 is 0. The van der Waals surface area contributed by atoms with Crippen LogP contribution in [-0.2, 0) is 25.7 Å². The molecule has 2 N–H and O–H groups in total. The van der Waals surface area contributed by atoms with Gasteiger partial charge in [0.25, 0.3) is 17.7 Å². The van der Waals surface area contributed by atoms with E-state index in [1.807, 2.05) is 0 Å². The van der Waals surface area contributed by atoms with Crippen molar-refractivity contribution in [1.29, 1.82) is 0 Å². The molecular formula is C19H17N3O6. The van der Waals surface area contributed by atoms with Gasteiger partial charge in [0.05, 0.1) is 17.4 Å². The smallest absolute Gasteiger partial charge is 0.262 e. The summed E-state index contributed by atoms with van der Waals surface area (Å²) in [5.74, 6) is -2.47. The van der Waals surface area contributed by atoms with Gasteiger partial charge in [0.1, 0.15) is 6.04 Å². The zero-order valence-corrected chi connectivity index (χ0v) is 14.8. The minimum atomic E-state index is -1.000. The maximum Gasteiger partial charge on any atom is 0.262 e. The largest absolute Gasteiger partial charge is 0.488 e. The molecule has 0 spiro atoms. The lowest BCUT2D eigenvalue weighted by molar-refractivity contribution is -0.136. The van der Waals surface area contributed by atoms with Crippen LogP contribution in [0.3, 0.4) is 0 Å². The summed E-state index contributed by atoms with van der Waals surface area (Å²) in [6.07, 6.45) is 3.36. The van der Waals surface area contributed by atoms with Crippen LogP contribution in [0.1, 0.15) is 45.5 Å². The van der Waals surface area contributed by atoms with Crippen molar-refractivity contribution in [3.05, 3.63) is 47.2 Å². The predicted molar refractivity (Wildman–Crippen MR) is 93.6 cm³/mol. The summed E-state index contributed by atoms with van der Waals surface area (Å²) in [6, 6.07) is 3.69. The highest BCUT2D eigenvalue weighted by molar-refractivity contribution is 6.23. The average molecular weight is 383 g/mol. The van der Waals surface area contributed by atoms with Crippen molar-refractivity contribution in [2.75, 3.05) is 0 Å². The highest BCUT2D eigenvalue weighted by Crippen LogP contribution is 2.28. The summed E-state index contributed by atoms with van der Waals surface area (Å²) < 4.78 is 5.15. The number of rotatable bonds is 4. The van der Waals surface area contributed by atoms with Crippen LogP contribution < -0.4 is 10.6 Å². The second-order valence-electron chi connectivity index (χ2n) is 6.78. The monoisotopic (exact) mass is 383 g/mol. The van der Waals surface area contributed by atoms with Crippen LogP contribution in [0.2, 0.25) is 0 Å². The highest BCUT2D eigenvalue weighted by Gasteiger charge is 2.44. The first-order valence-electron chi connectivity index (χ1n) is 8.88. The molecule has 1 fully saturated rings. The van der Waals surface area contributed by atoms with Gasteiger partial charge in [-0.05, 0) is 30.2 Å². The molecule has 0 aromatic heterocycles. The Morgan fingerprint density at radius 2 is 1.96 bits per heavy atom. The Balaban J connectivity index is 1.48. The van der Waals surface area contributed by atoms with E-state index in [4.69, 9.17) is 4.74 Å². The van der Waals surface area contributed by atoms with Crippen LogP contribution in [0.5, 0.6) is 0 Å². The lowest BCUT2D eigenvalue weighted by Gasteiger charge is -2.27. The highest BCUT2D eigenvalue weighted by atomic mass is 16.5. The molecule has 3 heterocycles. The number of hydrogen-bond acceptors (Lipinski definition) is 6. The number of carbonyl (C=O) groups excluding carboxylic acids is 5. The van der Waals surface area contributed by atoms with E-state index >= 15 is 0 Å². The first-order chi connectivity index (χ1) is 13.5. The molecule has 3 aliphatic heterocycles. The molecule has 1 saturated heterocycles. The molecule has 0 saturated carbocycles. The van der Waals surface area contributed by atoms with Gasteiger partial charge in [0, 0.05) is 19.4 Å². The first kappa shape index (κ1) is 17.9. The summed E-state index contributed by atoms with van der Waals surface area (Å²) in [5.41, 5.74) is 1.03. The molecule has 144 valence electrons. The maximum absolute atomic E-state index is 12.8. The molecule has 9 heteroatoms. The number of amides is 5. The first-order valence-corrected chi connectivity index (χ1v) is 8.88. The molecule has 0 bridgehead atoms. The third kappa shape index (κ3) is 3.04. The zero-order chi connectivity index (χ0) is 19.8. The van der Waals surface area contributed by atoms with Crippen LogP contribution in [0.25, 0.3) is 0 Å². The number of carbonyl (C=O) groups is 5. The molecule has 0 aliphatic carbocycles. The van der Waals surface area contributed by atoms with Crippen molar-refractivity contribution in [3.8, 4) is 0 Å². The van der Waals surface area contributed by atoms with Crippen LogP contribution in [0.4, 0.5) is 0 Å². The second kappa shape index (κ2) is 6.91. The number of benzene rings is 1. The standard InChI is InChI=1S/C19H17N3O6/c23-15-6-5-13(16(24)21-15)22-18(26)11-4-3-10(8-12(11)19(22)27)9-20-17(25)14-2-1-7-28-14/h1,3-4,7-8,13-14H,2,5-6,9H2,(H,20,25)(H,21,23,24). The molecule has 0 radical (unpaired) electrons. The fraction of sp³-hybridized carbons (Fsp3) is 0.316. The fourth-order valence-electron chi connectivity index (χ4n) is 3.49. The topological polar surface area (TPSA) is 122 Å². The van der Waals surface area contributed by atoms with Crippen molar-refractivity contribution >= 4 is 29.5 Å². The van der Waals surface area contributed by atoms with E-state index in [2.05, 4.69) is 10.6 Å². The fourth-order valence-corrected chi connectivity index (χ4v) is 3.49. The minimum Gasteiger partial charge on any atom is -0.488 e. The van der Waals surface area contributed by atoms with Gasteiger partial charge in [0.15, 0.2) is 6.10 Å². The van der Waals surface area contributed by atoms with Gasteiger partial charge in [0.2, 0.25) is 11.8 Å². The zero-order valence-electron chi connectivity index (χ0n) is 14.8. The van der Waals surface area contributed by atoms with E-state index < -0.39 is 35.8 Å². The van der Waals surface area contributed by atoms with E-state index in [0.29, 0.717) is 12.0 Å². The Labute approximate surface area is 159 Å². The summed E-state index contributed by atoms with van der Waals surface area (Å²) in [6.45, 7) is 0.172.